The third kappa shape index (κ3) is 5.69. The van der Waals surface area contributed by atoms with E-state index in [2.05, 4.69) is 5.32 Å². The second kappa shape index (κ2) is 10.3. The predicted octanol–water partition coefficient (Wildman–Crippen LogP) is 3.51. The number of nitrogens with one attached hydrogen (secondary N) is 1. The zero-order valence-corrected chi connectivity index (χ0v) is 19.8. The van der Waals surface area contributed by atoms with E-state index in [1.54, 1.807) is 41.4 Å². The Hall–Kier alpha value is -2.98. The Labute approximate surface area is 201 Å². The van der Waals surface area contributed by atoms with E-state index in [0.717, 1.165) is 4.88 Å². The SMILES string of the molecule is CC(=S)NC[C@H]1CN(c2ccc(N3CCN(C(=O)/C=C/c4cccs4)CC3)c(F)c2)C(=O)O1. The van der Waals surface area contributed by atoms with Crippen LogP contribution in [0.5, 0.6) is 0 Å². The number of hydrogen-bond acceptors (Lipinski definition) is 6. The van der Waals surface area contributed by atoms with Crippen molar-refractivity contribution in [2.24, 2.45) is 0 Å². The molecule has 2 aliphatic heterocycles. The molecule has 0 radical (unpaired) electrons. The molecule has 1 aromatic heterocycles. The van der Waals surface area contributed by atoms with Crippen LogP contribution in [0.2, 0.25) is 0 Å². The molecule has 0 spiro atoms. The van der Waals surface area contributed by atoms with Gasteiger partial charge in [-0.2, -0.15) is 0 Å². The van der Waals surface area contributed by atoms with Gasteiger partial charge in [0.25, 0.3) is 0 Å². The lowest BCUT2D eigenvalue weighted by Crippen LogP contribution is -2.48. The number of thiocarbonyl (C=S) groups is 1. The Bertz CT molecular complexity index is 1050. The molecule has 0 bridgehead atoms. The second-order valence-corrected chi connectivity index (χ2v) is 9.44. The minimum atomic E-state index is -0.501. The van der Waals surface area contributed by atoms with Gasteiger partial charge in [0, 0.05) is 37.1 Å². The lowest BCUT2D eigenvalue weighted by molar-refractivity contribution is -0.126. The molecule has 33 heavy (non-hydrogen) atoms. The number of amides is 2. The molecule has 4 rings (SSSR count). The van der Waals surface area contributed by atoms with E-state index in [1.807, 2.05) is 28.5 Å². The van der Waals surface area contributed by atoms with Crippen LogP contribution < -0.4 is 15.1 Å². The number of anilines is 2. The average molecular weight is 489 g/mol. The number of carbonyl (C=O) groups is 2. The molecule has 2 aromatic rings. The molecule has 2 aliphatic rings. The van der Waals surface area contributed by atoms with Crippen molar-refractivity contribution in [1.82, 2.24) is 10.2 Å². The summed E-state index contributed by atoms with van der Waals surface area (Å²) < 4.78 is 20.3. The molecule has 1 N–H and O–H groups in total. The van der Waals surface area contributed by atoms with Gasteiger partial charge in [0.05, 0.1) is 29.5 Å². The van der Waals surface area contributed by atoms with Gasteiger partial charge in [-0.1, -0.05) is 18.3 Å². The Morgan fingerprint density at radius 3 is 2.76 bits per heavy atom. The van der Waals surface area contributed by atoms with Crippen molar-refractivity contribution in [1.29, 1.82) is 0 Å². The highest BCUT2D eigenvalue weighted by Gasteiger charge is 2.33. The summed E-state index contributed by atoms with van der Waals surface area (Å²) in [6, 6.07) is 8.66. The Morgan fingerprint density at radius 1 is 1.30 bits per heavy atom. The number of carbonyl (C=O) groups excluding carboxylic acids is 2. The molecule has 10 heteroatoms. The number of cyclic esters (lactones) is 1. The lowest BCUT2D eigenvalue weighted by Gasteiger charge is -2.36. The summed E-state index contributed by atoms with van der Waals surface area (Å²) >= 11 is 6.56. The smallest absolute Gasteiger partial charge is 0.414 e. The van der Waals surface area contributed by atoms with Crippen molar-refractivity contribution in [3.05, 3.63) is 52.5 Å². The number of hydrogen-bond donors (Lipinski definition) is 1. The summed E-state index contributed by atoms with van der Waals surface area (Å²) in [6.07, 6.45) is 2.55. The number of benzene rings is 1. The summed E-state index contributed by atoms with van der Waals surface area (Å²) in [7, 11) is 0. The Morgan fingerprint density at radius 2 is 2.09 bits per heavy atom. The molecule has 2 fully saturated rings. The summed E-state index contributed by atoms with van der Waals surface area (Å²) in [5.74, 6) is -0.451. The maximum Gasteiger partial charge on any atom is 0.414 e. The van der Waals surface area contributed by atoms with E-state index >= 15 is 0 Å². The molecule has 2 saturated heterocycles. The largest absolute Gasteiger partial charge is 0.442 e. The van der Waals surface area contributed by atoms with E-state index in [-0.39, 0.29) is 12.0 Å². The van der Waals surface area contributed by atoms with E-state index in [9.17, 15) is 14.0 Å². The number of nitrogens with zero attached hydrogens (tertiary/aromatic N) is 3. The quantitative estimate of drug-likeness (QED) is 0.496. The van der Waals surface area contributed by atoms with Crippen LogP contribution in [-0.2, 0) is 9.53 Å². The topological polar surface area (TPSA) is 65.1 Å². The van der Waals surface area contributed by atoms with Gasteiger partial charge in [-0.05, 0) is 42.6 Å². The maximum atomic E-state index is 15.0. The third-order valence-corrected chi connectivity index (χ3v) is 6.54. The Balaban J connectivity index is 1.34. The van der Waals surface area contributed by atoms with Gasteiger partial charge in [-0.3, -0.25) is 9.69 Å². The van der Waals surface area contributed by atoms with E-state index < -0.39 is 11.9 Å². The molecule has 1 aromatic carbocycles. The molecule has 174 valence electrons. The van der Waals surface area contributed by atoms with Crippen LogP contribution in [0.3, 0.4) is 0 Å². The first-order valence-corrected chi connectivity index (χ1v) is 12.0. The highest BCUT2D eigenvalue weighted by atomic mass is 32.1. The zero-order valence-electron chi connectivity index (χ0n) is 18.2. The van der Waals surface area contributed by atoms with Gasteiger partial charge in [-0.25, -0.2) is 9.18 Å². The fraction of sp³-hybridized carbons (Fsp3) is 0.348. The number of halogens is 1. The van der Waals surface area contributed by atoms with Crippen molar-refractivity contribution < 1.29 is 18.7 Å². The number of thiophene rings is 1. The van der Waals surface area contributed by atoms with Crippen LogP contribution in [0, 0.1) is 5.82 Å². The predicted molar refractivity (Wildman–Crippen MR) is 132 cm³/mol. The van der Waals surface area contributed by atoms with Crippen LogP contribution in [-0.4, -0.2) is 67.3 Å². The van der Waals surface area contributed by atoms with Crippen molar-refractivity contribution in [2.45, 2.75) is 13.0 Å². The first-order chi connectivity index (χ1) is 15.9. The van der Waals surface area contributed by atoms with Crippen molar-refractivity contribution in [3.8, 4) is 0 Å². The average Bonchev–Trinajstić information content (AvgIpc) is 3.45. The van der Waals surface area contributed by atoms with Crippen LogP contribution in [0.15, 0.2) is 41.8 Å². The van der Waals surface area contributed by atoms with Crippen LogP contribution >= 0.6 is 23.6 Å². The highest BCUT2D eigenvalue weighted by molar-refractivity contribution is 7.80. The van der Waals surface area contributed by atoms with Gasteiger partial charge in [0.15, 0.2) is 0 Å². The molecule has 1 atom stereocenters. The van der Waals surface area contributed by atoms with Crippen LogP contribution in [0.1, 0.15) is 11.8 Å². The first kappa shape index (κ1) is 23.2. The maximum absolute atomic E-state index is 15.0. The molecular weight excluding hydrogens is 463 g/mol. The second-order valence-electron chi connectivity index (χ2n) is 7.85. The van der Waals surface area contributed by atoms with Crippen molar-refractivity contribution in [2.75, 3.05) is 49.1 Å². The third-order valence-electron chi connectivity index (χ3n) is 5.56. The molecule has 3 heterocycles. The minimum absolute atomic E-state index is 0.0423. The molecule has 2 amide bonds. The monoisotopic (exact) mass is 488 g/mol. The molecule has 7 nitrogen and oxygen atoms in total. The normalized spacial score (nSPS) is 18.7. The molecule has 0 saturated carbocycles. The van der Waals surface area contributed by atoms with E-state index in [1.165, 1.54) is 11.0 Å². The fourth-order valence-corrected chi connectivity index (χ4v) is 4.53. The minimum Gasteiger partial charge on any atom is -0.442 e. The summed E-state index contributed by atoms with van der Waals surface area (Å²) in [5, 5.41) is 4.95. The summed E-state index contributed by atoms with van der Waals surface area (Å²) in [6.45, 7) is 4.60. The Kier molecular flexibility index (Phi) is 7.24. The fourth-order valence-electron chi connectivity index (χ4n) is 3.83. The van der Waals surface area contributed by atoms with Crippen molar-refractivity contribution >= 4 is 58.0 Å². The van der Waals surface area contributed by atoms with Gasteiger partial charge >= 0.3 is 6.09 Å². The van der Waals surface area contributed by atoms with E-state index in [4.69, 9.17) is 17.0 Å². The van der Waals surface area contributed by atoms with Gasteiger partial charge in [0.1, 0.15) is 11.9 Å². The van der Waals surface area contributed by atoms with Gasteiger partial charge < -0.3 is 19.9 Å². The standard InChI is InChI=1S/C23H25FN4O3S2/c1-16(32)25-14-18-15-28(23(30)31-18)17-4-6-21(20(24)13-17)26-8-10-27(11-9-26)22(29)7-5-19-3-2-12-33-19/h2-7,12-13,18H,8-11,14-15H2,1H3,(H,25,32)/b7-5+/t18-/m0/s1. The number of piperazine rings is 1. The van der Waals surface area contributed by atoms with Gasteiger partial charge in [-0.15, -0.1) is 11.3 Å². The first-order valence-electron chi connectivity index (χ1n) is 10.7. The van der Waals surface area contributed by atoms with Crippen LogP contribution in [0.25, 0.3) is 6.08 Å². The molecule has 0 unspecified atom stereocenters. The summed E-state index contributed by atoms with van der Waals surface area (Å²) in [5.41, 5.74) is 0.914. The number of ether oxygens (including phenoxy) is 1. The zero-order chi connectivity index (χ0) is 23.4. The van der Waals surface area contributed by atoms with Gasteiger partial charge in [0.2, 0.25) is 5.91 Å². The number of rotatable bonds is 6. The van der Waals surface area contributed by atoms with Crippen LogP contribution in [0.4, 0.5) is 20.6 Å². The van der Waals surface area contributed by atoms with Crippen molar-refractivity contribution in [3.63, 3.8) is 0 Å². The highest BCUT2D eigenvalue weighted by Crippen LogP contribution is 2.28. The van der Waals surface area contributed by atoms with E-state index in [0.29, 0.717) is 55.6 Å². The summed E-state index contributed by atoms with van der Waals surface area (Å²) in [4.78, 5) is 31.4. The lowest BCUT2D eigenvalue weighted by atomic mass is 10.2. The molecule has 0 aliphatic carbocycles. The molecular formula is C23H25FN4O3S2.